The van der Waals surface area contributed by atoms with E-state index in [-0.39, 0.29) is 6.71 Å². The summed E-state index contributed by atoms with van der Waals surface area (Å²) in [5, 5.41) is 2.60. The van der Waals surface area contributed by atoms with Gasteiger partial charge in [0.1, 0.15) is 0 Å². The van der Waals surface area contributed by atoms with Crippen molar-refractivity contribution in [2.45, 2.75) is 0 Å². The molecule has 0 radical (unpaired) electrons. The van der Waals surface area contributed by atoms with Crippen LogP contribution in [0.5, 0.6) is 0 Å². The maximum Gasteiger partial charge on any atom is 0.252 e. The Morgan fingerprint density at radius 1 is 0.377 bits per heavy atom. The van der Waals surface area contributed by atoms with Crippen LogP contribution in [0.3, 0.4) is 0 Å². The van der Waals surface area contributed by atoms with E-state index >= 15 is 0 Å². The van der Waals surface area contributed by atoms with Crippen LogP contribution in [0, 0.1) is 0 Å². The summed E-state index contributed by atoms with van der Waals surface area (Å²) in [6.45, 7) is 0.0708. The van der Waals surface area contributed by atoms with Crippen LogP contribution < -0.4 is 31.1 Å². The highest BCUT2D eigenvalue weighted by molar-refractivity contribution is 7.25. The average Bonchev–Trinajstić information content (AvgIpc) is 3.60. The first-order chi connectivity index (χ1) is 26.3. The van der Waals surface area contributed by atoms with Crippen molar-refractivity contribution in [3.63, 3.8) is 0 Å². The maximum absolute atomic E-state index is 2.48. The molecule has 0 unspecified atom stereocenters. The molecule has 5 heteroatoms. The largest absolute Gasteiger partial charge is 0.311 e. The minimum absolute atomic E-state index is 0.0708. The summed E-state index contributed by atoms with van der Waals surface area (Å²) in [4.78, 5) is 7.39. The van der Waals surface area contributed by atoms with Crippen LogP contribution in [0.1, 0.15) is 0 Å². The van der Waals surface area contributed by atoms with E-state index in [0.29, 0.717) is 0 Å². The second kappa shape index (κ2) is 12.0. The predicted molar refractivity (Wildman–Crippen MR) is 228 cm³/mol. The molecule has 1 aromatic heterocycles. The maximum atomic E-state index is 2.48. The molecule has 0 saturated heterocycles. The molecule has 0 N–H and O–H groups in total. The minimum atomic E-state index is 0.0708. The standard InChI is InChI=1S/C48H32BN3S/c1-4-16-33(17-5-1)50(36-28-29-39-38-22-10-15-27-46(38)53-47(39)32-36)37-30-44-48-45(31-37)52(35-20-8-3-9-21-35)43-26-14-12-24-41(43)49(48)40-23-11-13-25-42(40)51(44)34-18-6-2-7-19-34/h1-32H. The van der Waals surface area contributed by atoms with Gasteiger partial charge in [-0.25, -0.2) is 0 Å². The van der Waals surface area contributed by atoms with Gasteiger partial charge in [0.25, 0.3) is 6.71 Å². The Morgan fingerprint density at radius 2 is 0.887 bits per heavy atom. The van der Waals surface area contributed by atoms with Gasteiger partial charge in [-0.2, -0.15) is 0 Å². The molecule has 9 aromatic rings. The van der Waals surface area contributed by atoms with E-state index < -0.39 is 0 Å². The molecule has 8 aromatic carbocycles. The number of fused-ring (bicyclic) bond motifs is 7. The molecule has 2 aliphatic heterocycles. The summed E-state index contributed by atoms with van der Waals surface area (Å²) < 4.78 is 2.59. The number of para-hydroxylation sites is 5. The van der Waals surface area contributed by atoms with Crippen LogP contribution in [0.4, 0.5) is 51.2 Å². The topological polar surface area (TPSA) is 9.72 Å². The quantitative estimate of drug-likeness (QED) is 0.166. The number of nitrogens with zero attached hydrogens (tertiary/aromatic N) is 3. The Hall–Kier alpha value is -6.56. The van der Waals surface area contributed by atoms with Crippen LogP contribution >= 0.6 is 11.3 Å². The lowest BCUT2D eigenvalue weighted by Gasteiger charge is -2.45. The Morgan fingerprint density at radius 3 is 1.51 bits per heavy atom. The second-order valence-electron chi connectivity index (χ2n) is 13.7. The molecule has 0 aliphatic carbocycles. The van der Waals surface area contributed by atoms with Gasteiger partial charge < -0.3 is 14.7 Å². The molecular formula is C48H32BN3S. The van der Waals surface area contributed by atoms with Crippen LogP contribution in [-0.2, 0) is 0 Å². The fourth-order valence-electron chi connectivity index (χ4n) is 8.60. The molecule has 11 rings (SSSR count). The summed E-state index contributed by atoms with van der Waals surface area (Å²) in [6.07, 6.45) is 0. The Kier molecular flexibility index (Phi) is 6.82. The first-order valence-corrected chi connectivity index (χ1v) is 19.0. The first kappa shape index (κ1) is 30.1. The second-order valence-corrected chi connectivity index (χ2v) is 14.8. The monoisotopic (exact) mass is 693 g/mol. The summed E-state index contributed by atoms with van der Waals surface area (Å²) >= 11 is 1.86. The van der Waals surface area contributed by atoms with E-state index in [1.807, 2.05) is 11.3 Å². The van der Waals surface area contributed by atoms with E-state index in [2.05, 4.69) is 209 Å². The zero-order chi connectivity index (χ0) is 34.9. The van der Waals surface area contributed by atoms with Crippen molar-refractivity contribution < 1.29 is 0 Å². The summed E-state index contributed by atoms with van der Waals surface area (Å²) in [5.74, 6) is 0. The smallest absolute Gasteiger partial charge is 0.252 e. The summed E-state index contributed by atoms with van der Waals surface area (Å²) in [5.41, 5.74) is 14.4. The average molecular weight is 694 g/mol. The zero-order valence-electron chi connectivity index (χ0n) is 28.8. The van der Waals surface area contributed by atoms with Gasteiger partial charge in [-0.05, 0) is 95.3 Å². The van der Waals surface area contributed by atoms with Gasteiger partial charge in [0.05, 0.1) is 5.69 Å². The first-order valence-electron chi connectivity index (χ1n) is 18.1. The van der Waals surface area contributed by atoms with Gasteiger partial charge in [0.15, 0.2) is 0 Å². The Labute approximate surface area is 313 Å². The lowest BCUT2D eigenvalue weighted by Crippen LogP contribution is -2.61. The number of anilines is 9. The van der Waals surface area contributed by atoms with Gasteiger partial charge >= 0.3 is 0 Å². The van der Waals surface area contributed by atoms with E-state index in [4.69, 9.17) is 0 Å². The Bertz CT molecular complexity index is 2710. The van der Waals surface area contributed by atoms with Crippen LogP contribution in [0.2, 0.25) is 0 Å². The van der Waals surface area contributed by atoms with Crippen molar-refractivity contribution in [2.75, 3.05) is 14.7 Å². The molecule has 248 valence electrons. The molecular weight excluding hydrogens is 661 g/mol. The van der Waals surface area contributed by atoms with Gasteiger partial charge in [-0.15, -0.1) is 11.3 Å². The van der Waals surface area contributed by atoms with E-state index in [0.717, 1.165) is 28.4 Å². The fraction of sp³-hybridized carbons (Fsp3) is 0. The lowest BCUT2D eigenvalue weighted by atomic mass is 9.33. The van der Waals surface area contributed by atoms with E-state index in [1.165, 1.54) is 59.3 Å². The molecule has 0 amide bonds. The van der Waals surface area contributed by atoms with Crippen LogP contribution in [-0.4, -0.2) is 6.71 Å². The fourth-order valence-corrected chi connectivity index (χ4v) is 9.74. The van der Waals surface area contributed by atoms with Gasteiger partial charge in [0.2, 0.25) is 0 Å². The molecule has 2 aliphatic rings. The number of hydrogen-bond donors (Lipinski definition) is 0. The van der Waals surface area contributed by atoms with Crippen LogP contribution in [0.25, 0.3) is 20.2 Å². The molecule has 0 bridgehead atoms. The van der Waals surface area contributed by atoms with Crippen molar-refractivity contribution in [3.8, 4) is 0 Å². The third-order valence-corrected chi connectivity index (χ3v) is 11.9. The molecule has 53 heavy (non-hydrogen) atoms. The van der Waals surface area contributed by atoms with E-state index in [1.54, 1.807) is 0 Å². The number of rotatable bonds is 5. The minimum Gasteiger partial charge on any atom is -0.311 e. The predicted octanol–water partition coefficient (Wildman–Crippen LogP) is 11.6. The highest BCUT2D eigenvalue weighted by Crippen LogP contribution is 2.48. The molecule has 0 fully saturated rings. The molecule has 3 heterocycles. The van der Waals surface area contributed by atoms with Crippen LogP contribution in [0.15, 0.2) is 194 Å². The SMILES string of the molecule is c1ccc(N(c2cc3c4c(c2)N(c2ccccc2)c2ccccc2B4c2ccccc2N3c2ccccc2)c2ccc3c(c2)sc2ccccc23)cc1. The number of hydrogen-bond acceptors (Lipinski definition) is 4. The molecule has 0 atom stereocenters. The molecule has 0 saturated carbocycles. The summed E-state index contributed by atoms with van der Waals surface area (Å²) in [7, 11) is 0. The third-order valence-electron chi connectivity index (χ3n) is 10.8. The lowest BCUT2D eigenvalue weighted by molar-refractivity contribution is 1.23. The Balaban J connectivity index is 1.24. The van der Waals surface area contributed by atoms with Crippen molar-refractivity contribution in [2.24, 2.45) is 0 Å². The zero-order valence-corrected chi connectivity index (χ0v) is 29.6. The highest BCUT2D eigenvalue weighted by Gasteiger charge is 2.43. The number of benzene rings is 8. The van der Waals surface area contributed by atoms with Crippen molar-refractivity contribution in [1.29, 1.82) is 0 Å². The highest BCUT2D eigenvalue weighted by atomic mass is 32.1. The molecule has 3 nitrogen and oxygen atoms in total. The van der Waals surface area contributed by atoms with Crippen molar-refractivity contribution in [3.05, 3.63) is 194 Å². The van der Waals surface area contributed by atoms with Crippen molar-refractivity contribution in [1.82, 2.24) is 0 Å². The van der Waals surface area contributed by atoms with Gasteiger partial charge in [0, 0.05) is 65.7 Å². The van der Waals surface area contributed by atoms with E-state index in [9.17, 15) is 0 Å². The molecule has 0 spiro atoms. The van der Waals surface area contributed by atoms with Crippen molar-refractivity contribution >= 4 is 106 Å². The van der Waals surface area contributed by atoms with Gasteiger partial charge in [-0.3, -0.25) is 0 Å². The van der Waals surface area contributed by atoms with Gasteiger partial charge in [-0.1, -0.05) is 115 Å². The summed E-state index contributed by atoms with van der Waals surface area (Å²) in [6, 6.07) is 71.0. The normalized spacial score (nSPS) is 12.8. The third kappa shape index (κ3) is 4.68. The number of thiophene rings is 1.